The molecule has 2 rings (SSSR count). The summed E-state index contributed by atoms with van der Waals surface area (Å²) in [5, 5.41) is 3.75. The Morgan fingerprint density at radius 2 is 1.73 bits per heavy atom. The highest BCUT2D eigenvalue weighted by Gasteiger charge is 2.17. The molecule has 0 radical (unpaired) electrons. The van der Waals surface area contributed by atoms with Crippen molar-refractivity contribution in [1.29, 1.82) is 0 Å². The number of ether oxygens (including phenoxy) is 1. The molecule has 1 amide bonds. The van der Waals surface area contributed by atoms with Crippen LogP contribution in [0.25, 0.3) is 0 Å². The van der Waals surface area contributed by atoms with Crippen LogP contribution < -0.4 is 10.1 Å². The second-order valence-electron chi connectivity index (χ2n) is 4.66. The molecule has 0 saturated carbocycles. The van der Waals surface area contributed by atoms with Crippen LogP contribution in [0.5, 0.6) is 5.75 Å². The van der Waals surface area contributed by atoms with Gasteiger partial charge in [-0.15, -0.1) is 0 Å². The maximum atomic E-state index is 12.0. The lowest BCUT2D eigenvalue weighted by molar-refractivity contribution is -0.127. The van der Waals surface area contributed by atoms with E-state index >= 15 is 0 Å². The van der Waals surface area contributed by atoms with Gasteiger partial charge in [-0.1, -0.05) is 65.1 Å². The SMILES string of the molecule is C[C@H](Oc1cc(Cl)c(Cl)cc1Cl)C(=O)NCc1ccccc1. The normalized spacial score (nSPS) is 11.8. The Bertz CT molecular complexity index is 662. The van der Waals surface area contributed by atoms with Crippen LogP contribution in [0.2, 0.25) is 15.1 Å². The Kier molecular flexibility index (Phi) is 5.95. The third-order valence-electron chi connectivity index (χ3n) is 2.96. The molecule has 0 bridgehead atoms. The third-order valence-corrected chi connectivity index (χ3v) is 3.97. The first kappa shape index (κ1) is 16.9. The second kappa shape index (κ2) is 7.73. The molecule has 0 spiro atoms. The molecule has 1 N–H and O–H groups in total. The van der Waals surface area contributed by atoms with Gasteiger partial charge < -0.3 is 10.1 Å². The van der Waals surface area contributed by atoms with Crippen molar-refractivity contribution in [1.82, 2.24) is 5.32 Å². The summed E-state index contributed by atoms with van der Waals surface area (Å²) < 4.78 is 5.54. The maximum Gasteiger partial charge on any atom is 0.261 e. The highest BCUT2D eigenvalue weighted by atomic mass is 35.5. The third kappa shape index (κ3) is 4.54. The molecule has 0 heterocycles. The van der Waals surface area contributed by atoms with Crippen molar-refractivity contribution in [2.75, 3.05) is 0 Å². The van der Waals surface area contributed by atoms with Gasteiger partial charge in [-0.3, -0.25) is 4.79 Å². The van der Waals surface area contributed by atoms with Crippen LogP contribution in [-0.2, 0) is 11.3 Å². The van der Waals surface area contributed by atoms with Gasteiger partial charge in [0.2, 0.25) is 0 Å². The van der Waals surface area contributed by atoms with E-state index in [0.29, 0.717) is 27.4 Å². The summed E-state index contributed by atoms with van der Waals surface area (Å²) in [5.74, 6) is 0.0735. The van der Waals surface area contributed by atoms with Gasteiger partial charge in [-0.2, -0.15) is 0 Å². The molecular formula is C16H14Cl3NO2. The van der Waals surface area contributed by atoms with Gasteiger partial charge in [0.05, 0.1) is 15.1 Å². The first-order chi connectivity index (χ1) is 10.5. The molecule has 3 nitrogen and oxygen atoms in total. The molecule has 0 aliphatic carbocycles. The number of rotatable bonds is 5. The van der Waals surface area contributed by atoms with Crippen LogP contribution in [0.1, 0.15) is 12.5 Å². The largest absolute Gasteiger partial charge is 0.479 e. The van der Waals surface area contributed by atoms with Gasteiger partial charge in [0.25, 0.3) is 5.91 Å². The quantitative estimate of drug-likeness (QED) is 0.785. The van der Waals surface area contributed by atoms with Crippen molar-refractivity contribution in [2.45, 2.75) is 19.6 Å². The van der Waals surface area contributed by atoms with E-state index in [1.165, 1.54) is 12.1 Å². The summed E-state index contributed by atoms with van der Waals surface area (Å²) in [4.78, 5) is 12.0. The summed E-state index contributed by atoms with van der Waals surface area (Å²) >= 11 is 17.8. The Labute approximate surface area is 144 Å². The fourth-order valence-corrected chi connectivity index (χ4v) is 2.35. The predicted octanol–water partition coefficient (Wildman–Crippen LogP) is 4.73. The smallest absolute Gasteiger partial charge is 0.261 e. The summed E-state index contributed by atoms with van der Waals surface area (Å²) in [5.41, 5.74) is 1.01. The predicted molar refractivity (Wildman–Crippen MR) is 89.9 cm³/mol. The van der Waals surface area contributed by atoms with Gasteiger partial charge in [0.15, 0.2) is 6.10 Å². The lowest BCUT2D eigenvalue weighted by Crippen LogP contribution is -2.35. The molecule has 0 aliphatic rings. The number of hydrogen-bond donors (Lipinski definition) is 1. The Morgan fingerprint density at radius 1 is 1.09 bits per heavy atom. The van der Waals surface area contributed by atoms with Gasteiger partial charge in [-0.25, -0.2) is 0 Å². The molecular weight excluding hydrogens is 345 g/mol. The number of amides is 1. The molecule has 2 aromatic rings. The second-order valence-corrected chi connectivity index (χ2v) is 5.88. The van der Waals surface area contributed by atoms with E-state index in [1.807, 2.05) is 30.3 Å². The minimum Gasteiger partial charge on any atom is -0.479 e. The number of carbonyl (C=O) groups is 1. The standard InChI is InChI=1S/C16H14Cl3NO2/c1-10(16(21)20-9-11-5-3-2-4-6-11)22-15-8-13(18)12(17)7-14(15)19/h2-8,10H,9H2,1H3,(H,20,21)/t10-/m0/s1. The highest BCUT2D eigenvalue weighted by molar-refractivity contribution is 6.43. The zero-order chi connectivity index (χ0) is 16.1. The summed E-state index contributed by atoms with van der Waals surface area (Å²) in [6, 6.07) is 12.6. The lowest BCUT2D eigenvalue weighted by Gasteiger charge is -2.16. The number of benzene rings is 2. The van der Waals surface area contributed by atoms with Crippen LogP contribution in [0, 0.1) is 0 Å². The summed E-state index contributed by atoms with van der Waals surface area (Å²) in [7, 11) is 0. The molecule has 0 aromatic heterocycles. The molecule has 0 saturated heterocycles. The van der Waals surface area contributed by atoms with Crippen molar-refractivity contribution >= 4 is 40.7 Å². The Hall–Kier alpha value is -1.42. The van der Waals surface area contributed by atoms with Crippen molar-refractivity contribution in [3.8, 4) is 5.75 Å². The van der Waals surface area contributed by atoms with Crippen LogP contribution in [0.3, 0.4) is 0 Å². The fraction of sp³-hybridized carbons (Fsp3) is 0.188. The molecule has 6 heteroatoms. The monoisotopic (exact) mass is 357 g/mol. The molecule has 116 valence electrons. The number of nitrogens with one attached hydrogen (secondary N) is 1. The Balaban J connectivity index is 1.95. The molecule has 2 aromatic carbocycles. The molecule has 0 unspecified atom stereocenters. The van der Waals surface area contributed by atoms with Crippen molar-refractivity contribution in [2.24, 2.45) is 0 Å². The summed E-state index contributed by atoms with van der Waals surface area (Å²) in [6.07, 6.45) is -0.710. The van der Waals surface area contributed by atoms with E-state index in [-0.39, 0.29) is 5.91 Å². The molecule has 1 atom stereocenters. The lowest BCUT2D eigenvalue weighted by atomic mass is 10.2. The van der Waals surface area contributed by atoms with E-state index in [2.05, 4.69) is 5.32 Å². The number of carbonyl (C=O) groups excluding carboxylic acids is 1. The van der Waals surface area contributed by atoms with Gasteiger partial charge >= 0.3 is 0 Å². The topological polar surface area (TPSA) is 38.3 Å². The van der Waals surface area contributed by atoms with E-state index in [1.54, 1.807) is 6.92 Å². The van der Waals surface area contributed by atoms with Crippen molar-refractivity contribution in [3.05, 3.63) is 63.1 Å². The first-order valence-corrected chi connectivity index (χ1v) is 7.73. The zero-order valence-electron chi connectivity index (χ0n) is 11.8. The van der Waals surface area contributed by atoms with Crippen LogP contribution in [0.15, 0.2) is 42.5 Å². The highest BCUT2D eigenvalue weighted by Crippen LogP contribution is 2.34. The summed E-state index contributed by atoms with van der Waals surface area (Å²) in [6.45, 7) is 2.07. The van der Waals surface area contributed by atoms with Gasteiger partial charge in [-0.05, 0) is 18.6 Å². The van der Waals surface area contributed by atoms with E-state index in [4.69, 9.17) is 39.5 Å². The number of halogens is 3. The van der Waals surface area contributed by atoms with Crippen LogP contribution >= 0.6 is 34.8 Å². The fourth-order valence-electron chi connectivity index (χ4n) is 1.77. The minimum absolute atomic E-state index is 0.244. The average Bonchev–Trinajstić information content (AvgIpc) is 2.51. The van der Waals surface area contributed by atoms with Crippen LogP contribution in [0.4, 0.5) is 0 Å². The van der Waals surface area contributed by atoms with Crippen LogP contribution in [-0.4, -0.2) is 12.0 Å². The van der Waals surface area contributed by atoms with E-state index in [9.17, 15) is 4.79 Å². The first-order valence-electron chi connectivity index (χ1n) is 6.60. The van der Waals surface area contributed by atoms with Crippen molar-refractivity contribution in [3.63, 3.8) is 0 Å². The zero-order valence-corrected chi connectivity index (χ0v) is 14.0. The van der Waals surface area contributed by atoms with E-state index in [0.717, 1.165) is 5.56 Å². The van der Waals surface area contributed by atoms with Crippen molar-refractivity contribution < 1.29 is 9.53 Å². The minimum atomic E-state index is -0.710. The molecule has 0 aliphatic heterocycles. The Morgan fingerprint density at radius 3 is 2.41 bits per heavy atom. The van der Waals surface area contributed by atoms with Gasteiger partial charge in [0.1, 0.15) is 5.75 Å². The number of hydrogen-bond acceptors (Lipinski definition) is 2. The molecule has 22 heavy (non-hydrogen) atoms. The average molecular weight is 359 g/mol. The van der Waals surface area contributed by atoms with E-state index < -0.39 is 6.10 Å². The maximum absolute atomic E-state index is 12.0. The van der Waals surface area contributed by atoms with Gasteiger partial charge in [0, 0.05) is 12.6 Å². The molecule has 0 fully saturated rings.